The zero-order valence-electron chi connectivity index (χ0n) is 8.36. The summed E-state index contributed by atoms with van der Waals surface area (Å²) in [6.07, 6.45) is 2.66. The van der Waals surface area contributed by atoms with Crippen LogP contribution in [0.2, 0.25) is 5.02 Å². The molecule has 0 atom stereocenters. The number of rotatable bonds is 4. The summed E-state index contributed by atoms with van der Waals surface area (Å²) < 4.78 is 4.89. The van der Waals surface area contributed by atoms with Crippen LogP contribution in [0.1, 0.15) is 19.0 Å². The summed E-state index contributed by atoms with van der Waals surface area (Å²) in [4.78, 5) is 14.8. The van der Waals surface area contributed by atoms with Gasteiger partial charge in [0.05, 0.1) is 5.69 Å². The molecule has 5 heteroatoms. The van der Waals surface area contributed by atoms with Gasteiger partial charge in [-0.25, -0.2) is 0 Å². The van der Waals surface area contributed by atoms with E-state index in [0.29, 0.717) is 29.3 Å². The Morgan fingerprint density at radius 3 is 3.00 bits per heavy atom. The van der Waals surface area contributed by atoms with Crippen molar-refractivity contribution in [2.75, 3.05) is 6.61 Å². The molecule has 0 spiro atoms. The van der Waals surface area contributed by atoms with E-state index in [1.54, 1.807) is 0 Å². The lowest BCUT2D eigenvalue weighted by molar-refractivity contribution is -0.131. The van der Waals surface area contributed by atoms with E-state index < -0.39 is 5.97 Å². The summed E-state index contributed by atoms with van der Waals surface area (Å²) in [6.45, 7) is 1.39. The van der Waals surface area contributed by atoms with Crippen LogP contribution >= 0.6 is 11.6 Å². The number of carbonyl (C=O) groups is 1. The Labute approximate surface area is 92.8 Å². The second kappa shape index (κ2) is 5.68. The third kappa shape index (κ3) is 3.49. The van der Waals surface area contributed by atoms with E-state index in [0.717, 1.165) is 0 Å². The van der Waals surface area contributed by atoms with Crippen molar-refractivity contribution < 1.29 is 14.6 Å². The van der Waals surface area contributed by atoms with Gasteiger partial charge < -0.3 is 9.84 Å². The van der Waals surface area contributed by atoms with Crippen LogP contribution in [0, 0.1) is 0 Å². The molecule has 0 aliphatic rings. The highest BCUT2D eigenvalue weighted by molar-refractivity contribution is 6.32. The molecule has 0 amide bonds. The van der Waals surface area contributed by atoms with Crippen molar-refractivity contribution in [3.05, 3.63) is 23.0 Å². The maximum Gasteiger partial charge on any atom is 0.308 e. The summed E-state index contributed by atoms with van der Waals surface area (Å²) >= 11 is 5.97. The van der Waals surface area contributed by atoms with Crippen LogP contribution in [-0.4, -0.2) is 22.7 Å². The van der Waals surface area contributed by atoms with Crippen LogP contribution in [0.5, 0.6) is 5.75 Å². The number of aliphatic hydroxyl groups excluding tert-OH is 1. The zero-order chi connectivity index (χ0) is 11.3. The first-order valence-corrected chi connectivity index (χ1v) is 4.95. The number of aromatic nitrogens is 1. The van der Waals surface area contributed by atoms with Crippen molar-refractivity contribution in [2.24, 2.45) is 0 Å². The summed E-state index contributed by atoms with van der Waals surface area (Å²) in [5.41, 5.74) is 0.629. The van der Waals surface area contributed by atoms with Gasteiger partial charge in [-0.1, -0.05) is 11.6 Å². The van der Waals surface area contributed by atoms with Gasteiger partial charge in [-0.2, -0.15) is 0 Å². The largest absolute Gasteiger partial charge is 0.425 e. The standard InChI is InChI=1S/C10H12ClNO3/c1-7(14)15-9-4-5-12-8(10(9)11)3-2-6-13/h4-5,13H,2-3,6H2,1H3. The molecular weight excluding hydrogens is 218 g/mol. The fourth-order valence-corrected chi connectivity index (χ4v) is 1.37. The third-order valence-corrected chi connectivity index (χ3v) is 2.16. The average Bonchev–Trinajstić information content (AvgIpc) is 2.19. The number of nitrogens with zero attached hydrogens (tertiary/aromatic N) is 1. The molecule has 0 saturated heterocycles. The number of halogens is 1. The minimum absolute atomic E-state index is 0.0792. The van der Waals surface area contributed by atoms with Crippen molar-refractivity contribution in [1.29, 1.82) is 0 Å². The third-order valence-electron chi connectivity index (χ3n) is 1.75. The molecule has 0 radical (unpaired) electrons. The number of hydrogen-bond acceptors (Lipinski definition) is 4. The Hall–Kier alpha value is -1.13. The number of ether oxygens (including phenoxy) is 1. The van der Waals surface area contributed by atoms with Gasteiger partial charge in [-0.05, 0) is 12.8 Å². The van der Waals surface area contributed by atoms with E-state index >= 15 is 0 Å². The molecule has 1 N–H and O–H groups in total. The quantitative estimate of drug-likeness (QED) is 0.797. The zero-order valence-corrected chi connectivity index (χ0v) is 9.12. The lowest BCUT2D eigenvalue weighted by Gasteiger charge is -2.07. The molecule has 1 aromatic heterocycles. The molecule has 0 bridgehead atoms. The summed E-state index contributed by atoms with van der Waals surface area (Å²) in [5, 5.41) is 9.01. The molecule has 4 nitrogen and oxygen atoms in total. The van der Waals surface area contributed by atoms with Crippen molar-refractivity contribution >= 4 is 17.6 Å². The fraction of sp³-hybridized carbons (Fsp3) is 0.400. The predicted octanol–water partition coefficient (Wildman–Crippen LogP) is 1.59. The van der Waals surface area contributed by atoms with Gasteiger partial charge in [0.15, 0.2) is 5.75 Å². The Balaban J connectivity index is 2.85. The normalized spacial score (nSPS) is 10.1. The Kier molecular flexibility index (Phi) is 4.52. The number of esters is 1. The first-order valence-electron chi connectivity index (χ1n) is 4.57. The first kappa shape index (κ1) is 11.9. The SMILES string of the molecule is CC(=O)Oc1ccnc(CCCO)c1Cl. The number of aryl methyl sites for hydroxylation is 1. The minimum Gasteiger partial charge on any atom is -0.425 e. The van der Waals surface area contributed by atoms with Crippen molar-refractivity contribution in [3.8, 4) is 5.75 Å². The van der Waals surface area contributed by atoms with E-state index in [9.17, 15) is 4.79 Å². The molecule has 0 unspecified atom stereocenters. The van der Waals surface area contributed by atoms with Crippen LogP contribution in [-0.2, 0) is 11.2 Å². The summed E-state index contributed by atoms with van der Waals surface area (Å²) in [7, 11) is 0. The number of carbonyl (C=O) groups excluding carboxylic acids is 1. The van der Waals surface area contributed by atoms with Gasteiger partial charge in [0.2, 0.25) is 0 Å². The summed E-state index contributed by atoms with van der Waals surface area (Å²) in [5.74, 6) is -0.108. The number of pyridine rings is 1. The molecule has 0 saturated carbocycles. The first-order chi connectivity index (χ1) is 7.15. The van der Waals surface area contributed by atoms with E-state index in [4.69, 9.17) is 21.4 Å². The van der Waals surface area contributed by atoms with E-state index in [1.807, 2.05) is 0 Å². The Morgan fingerprint density at radius 2 is 2.40 bits per heavy atom. The Morgan fingerprint density at radius 1 is 1.67 bits per heavy atom. The maximum atomic E-state index is 10.7. The van der Waals surface area contributed by atoms with Gasteiger partial charge in [-0.15, -0.1) is 0 Å². The van der Waals surface area contributed by atoms with Crippen LogP contribution in [0.4, 0.5) is 0 Å². The molecule has 0 fully saturated rings. The molecule has 1 heterocycles. The van der Waals surface area contributed by atoms with Crippen LogP contribution in [0.15, 0.2) is 12.3 Å². The van der Waals surface area contributed by atoms with Crippen LogP contribution in [0.25, 0.3) is 0 Å². The highest BCUT2D eigenvalue weighted by atomic mass is 35.5. The van der Waals surface area contributed by atoms with E-state index in [2.05, 4.69) is 4.98 Å². The van der Waals surface area contributed by atoms with Gasteiger partial charge in [0.1, 0.15) is 5.02 Å². The molecule has 15 heavy (non-hydrogen) atoms. The lowest BCUT2D eigenvalue weighted by atomic mass is 10.2. The van der Waals surface area contributed by atoms with Gasteiger partial charge >= 0.3 is 5.97 Å². The molecule has 0 aromatic carbocycles. The fourth-order valence-electron chi connectivity index (χ4n) is 1.12. The minimum atomic E-state index is -0.420. The second-order valence-corrected chi connectivity index (χ2v) is 3.37. The number of hydrogen-bond donors (Lipinski definition) is 1. The molecule has 1 aromatic rings. The van der Waals surface area contributed by atoms with Crippen molar-refractivity contribution in [3.63, 3.8) is 0 Å². The maximum absolute atomic E-state index is 10.7. The average molecular weight is 230 g/mol. The number of aliphatic hydroxyl groups is 1. The van der Waals surface area contributed by atoms with Crippen LogP contribution < -0.4 is 4.74 Å². The van der Waals surface area contributed by atoms with Gasteiger partial charge in [0, 0.05) is 25.8 Å². The van der Waals surface area contributed by atoms with Crippen molar-refractivity contribution in [1.82, 2.24) is 4.98 Å². The van der Waals surface area contributed by atoms with Gasteiger partial charge in [0.25, 0.3) is 0 Å². The summed E-state index contributed by atoms with van der Waals surface area (Å²) in [6, 6.07) is 1.53. The van der Waals surface area contributed by atoms with E-state index in [-0.39, 0.29) is 6.61 Å². The molecule has 82 valence electrons. The van der Waals surface area contributed by atoms with Crippen LogP contribution in [0.3, 0.4) is 0 Å². The Bertz CT molecular complexity index is 355. The molecular formula is C10H12ClNO3. The lowest BCUT2D eigenvalue weighted by Crippen LogP contribution is -2.04. The molecule has 0 aliphatic heterocycles. The monoisotopic (exact) mass is 229 g/mol. The smallest absolute Gasteiger partial charge is 0.308 e. The van der Waals surface area contributed by atoms with E-state index in [1.165, 1.54) is 19.2 Å². The topological polar surface area (TPSA) is 59.4 Å². The molecule has 1 rings (SSSR count). The second-order valence-electron chi connectivity index (χ2n) is 2.99. The highest BCUT2D eigenvalue weighted by Gasteiger charge is 2.09. The highest BCUT2D eigenvalue weighted by Crippen LogP contribution is 2.27. The predicted molar refractivity (Wildman–Crippen MR) is 56.0 cm³/mol. The van der Waals surface area contributed by atoms with Crippen molar-refractivity contribution in [2.45, 2.75) is 19.8 Å². The van der Waals surface area contributed by atoms with Gasteiger partial charge in [-0.3, -0.25) is 9.78 Å². The molecule has 0 aliphatic carbocycles.